The molecule has 0 aromatic heterocycles. The van der Waals surface area contributed by atoms with E-state index in [0.29, 0.717) is 0 Å². The molecule has 0 spiro atoms. The van der Waals surface area contributed by atoms with Crippen molar-refractivity contribution in [3.8, 4) is 0 Å². The quantitative estimate of drug-likeness (QED) is 0.765. The van der Waals surface area contributed by atoms with Crippen molar-refractivity contribution in [2.24, 2.45) is 5.92 Å². The molecule has 2 nitrogen and oxygen atoms in total. The van der Waals surface area contributed by atoms with Gasteiger partial charge < -0.3 is 5.32 Å². The van der Waals surface area contributed by atoms with Gasteiger partial charge in [0.2, 0.25) is 0 Å². The molecule has 1 N–H and O–H groups in total. The number of likely N-dealkylation sites (N-methyl/N-ethyl adjacent to an activating group) is 1. The van der Waals surface area contributed by atoms with Crippen LogP contribution in [0, 0.1) is 5.92 Å². The van der Waals surface area contributed by atoms with Gasteiger partial charge in [-0.25, -0.2) is 0 Å². The summed E-state index contributed by atoms with van der Waals surface area (Å²) in [5.74, 6) is 1.01. The van der Waals surface area contributed by atoms with Crippen LogP contribution in [0.4, 0.5) is 0 Å². The molecular formula is C13H26N2. The van der Waals surface area contributed by atoms with E-state index in [-0.39, 0.29) is 0 Å². The Hall–Kier alpha value is -0.0800. The lowest BCUT2D eigenvalue weighted by Gasteiger charge is -2.45. The predicted octanol–water partition coefficient (Wildman–Crippen LogP) is 2.25. The van der Waals surface area contributed by atoms with Gasteiger partial charge in [-0.05, 0) is 25.3 Å². The van der Waals surface area contributed by atoms with Gasteiger partial charge in [0.15, 0.2) is 0 Å². The molecule has 1 heterocycles. The van der Waals surface area contributed by atoms with E-state index in [0.717, 1.165) is 18.0 Å². The molecule has 2 fully saturated rings. The van der Waals surface area contributed by atoms with Gasteiger partial charge >= 0.3 is 0 Å². The first-order chi connectivity index (χ1) is 7.35. The van der Waals surface area contributed by atoms with Crippen LogP contribution in [0.25, 0.3) is 0 Å². The molecule has 1 saturated heterocycles. The summed E-state index contributed by atoms with van der Waals surface area (Å²) in [7, 11) is 0. The Morgan fingerprint density at radius 3 is 2.47 bits per heavy atom. The van der Waals surface area contributed by atoms with E-state index in [2.05, 4.69) is 24.1 Å². The molecule has 0 aromatic rings. The monoisotopic (exact) mass is 210 g/mol. The Bertz CT molecular complexity index is 189. The van der Waals surface area contributed by atoms with Crippen LogP contribution < -0.4 is 5.32 Å². The SMILES string of the molecule is CCC1CCCC(N(CC)C2CNC2)C1. The second-order valence-corrected chi connectivity index (χ2v) is 5.24. The van der Waals surface area contributed by atoms with Gasteiger partial charge in [-0.15, -0.1) is 0 Å². The first-order valence-corrected chi connectivity index (χ1v) is 6.81. The van der Waals surface area contributed by atoms with Crippen molar-refractivity contribution in [3.63, 3.8) is 0 Å². The molecule has 1 saturated carbocycles. The van der Waals surface area contributed by atoms with Crippen LogP contribution in [-0.4, -0.2) is 36.6 Å². The highest BCUT2D eigenvalue weighted by Gasteiger charge is 2.31. The maximum atomic E-state index is 3.40. The fourth-order valence-corrected chi connectivity index (χ4v) is 3.26. The molecule has 0 amide bonds. The maximum absolute atomic E-state index is 3.40. The van der Waals surface area contributed by atoms with Gasteiger partial charge in [0.1, 0.15) is 0 Å². The van der Waals surface area contributed by atoms with Gasteiger partial charge in [-0.1, -0.05) is 33.1 Å². The third kappa shape index (κ3) is 2.54. The molecule has 0 bridgehead atoms. The summed E-state index contributed by atoms with van der Waals surface area (Å²) in [6.45, 7) is 8.37. The zero-order valence-corrected chi connectivity index (χ0v) is 10.3. The molecule has 2 heteroatoms. The van der Waals surface area contributed by atoms with Gasteiger partial charge in [-0.2, -0.15) is 0 Å². The fourth-order valence-electron chi connectivity index (χ4n) is 3.26. The number of hydrogen-bond acceptors (Lipinski definition) is 2. The Labute approximate surface area is 94.4 Å². The number of nitrogens with zero attached hydrogens (tertiary/aromatic N) is 1. The molecule has 88 valence electrons. The zero-order valence-electron chi connectivity index (χ0n) is 10.3. The number of nitrogens with one attached hydrogen (secondary N) is 1. The molecule has 2 rings (SSSR count). The maximum Gasteiger partial charge on any atom is 0.0348 e. The Kier molecular flexibility index (Phi) is 4.04. The van der Waals surface area contributed by atoms with Crippen LogP contribution in [0.1, 0.15) is 46.0 Å². The lowest BCUT2D eigenvalue weighted by molar-refractivity contribution is 0.0639. The highest BCUT2D eigenvalue weighted by atomic mass is 15.2. The van der Waals surface area contributed by atoms with Crippen LogP contribution in [0.3, 0.4) is 0 Å². The van der Waals surface area contributed by atoms with Crippen molar-refractivity contribution < 1.29 is 0 Å². The number of rotatable bonds is 4. The standard InChI is InChI=1S/C13H26N2/c1-3-11-6-5-7-12(8-11)15(4-2)13-9-14-10-13/h11-14H,3-10H2,1-2H3. The first-order valence-electron chi connectivity index (χ1n) is 6.81. The number of hydrogen-bond donors (Lipinski definition) is 1. The van der Waals surface area contributed by atoms with Crippen molar-refractivity contribution in [3.05, 3.63) is 0 Å². The molecular weight excluding hydrogens is 184 g/mol. The normalized spacial score (nSPS) is 33.0. The van der Waals surface area contributed by atoms with E-state index in [9.17, 15) is 0 Å². The summed E-state index contributed by atoms with van der Waals surface area (Å²) in [6, 6.07) is 1.73. The second kappa shape index (κ2) is 5.31. The van der Waals surface area contributed by atoms with Gasteiger partial charge in [0.25, 0.3) is 0 Å². The minimum absolute atomic E-state index is 0.843. The van der Waals surface area contributed by atoms with Crippen LogP contribution in [0.2, 0.25) is 0 Å². The summed E-state index contributed by atoms with van der Waals surface area (Å²) < 4.78 is 0. The second-order valence-electron chi connectivity index (χ2n) is 5.24. The smallest absolute Gasteiger partial charge is 0.0348 e. The van der Waals surface area contributed by atoms with Gasteiger partial charge in [0, 0.05) is 25.2 Å². The predicted molar refractivity (Wildman–Crippen MR) is 65.1 cm³/mol. The third-order valence-corrected chi connectivity index (χ3v) is 4.40. The Balaban J connectivity index is 1.88. The molecule has 15 heavy (non-hydrogen) atoms. The zero-order chi connectivity index (χ0) is 10.7. The fraction of sp³-hybridized carbons (Fsp3) is 1.00. The summed E-state index contributed by atoms with van der Waals surface area (Å²) in [5, 5.41) is 3.40. The average Bonchev–Trinajstić information content (AvgIpc) is 2.23. The molecule has 1 aliphatic carbocycles. The topological polar surface area (TPSA) is 15.3 Å². The molecule has 0 radical (unpaired) electrons. The molecule has 2 unspecified atom stereocenters. The first kappa shape index (κ1) is 11.4. The van der Waals surface area contributed by atoms with Crippen LogP contribution in [0.15, 0.2) is 0 Å². The summed E-state index contributed by atoms with van der Waals surface area (Å²) in [5.41, 5.74) is 0. The Morgan fingerprint density at radius 1 is 1.13 bits per heavy atom. The van der Waals surface area contributed by atoms with E-state index >= 15 is 0 Å². The van der Waals surface area contributed by atoms with E-state index in [1.54, 1.807) is 0 Å². The van der Waals surface area contributed by atoms with E-state index < -0.39 is 0 Å². The van der Waals surface area contributed by atoms with Crippen LogP contribution in [0.5, 0.6) is 0 Å². The summed E-state index contributed by atoms with van der Waals surface area (Å²) in [4.78, 5) is 2.76. The van der Waals surface area contributed by atoms with Crippen molar-refractivity contribution in [1.29, 1.82) is 0 Å². The van der Waals surface area contributed by atoms with Crippen molar-refractivity contribution >= 4 is 0 Å². The highest BCUT2D eigenvalue weighted by Crippen LogP contribution is 2.30. The van der Waals surface area contributed by atoms with Gasteiger partial charge in [0.05, 0.1) is 0 Å². The largest absolute Gasteiger partial charge is 0.314 e. The lowest BCUT2D eigenvalue weighted by Crippen LogP contribution is -2.60. The van der Waals surface area contributed by atoms with E-state index in [1.807, 2.05) is 0 Å². The summed E-state index contributed by atoms with van der Waals surface area (Å²) >= 11 is 0. The van der Waals surface area contributed by atoms with E-state index in [1.165, 1.54) is 51.7 Å². The molecule has 2 atom stereocenters. The van der Waals surface area contributed by atoms with E-state index in [4.69, 9.17) is 0 Å². The van der Waals surface area contributed by atoms with Crippen molar-refractivity contribution in [2.75, 3.05) is 19.6 Å². The van der Waals surface area contributed by atoms with Crippen molar-refractivity contribution in [2.45, 2.75) is 58.0 Å². The van der Waals surface area contributed by atoms with Crippen LogP contribution >= 0.6 is 0 Å². The average molecular weight is 210 g/mol. The molecule has 2 aliphatic rings. The minimum atomic E-state index is 0.843. The van der Waals surface area contributed by atoms with Crippen LogP contribution in [-0.2, 0) is 0 Å². The van der Waals surface area contributed by atoms with Crippen molar-refractivity contribution in [1.82, 2.24) is 10.2 Å². The highest BCUT2D eigenvalue weighted by molar-refractivity contribution is 4.90. The Morgan fingerprint density at radius 2 is 1.93 bits per heavy atom. The molecule has 1 aliphatic heterocycles. The van der Waals surface area contributed by atoms with Gasteiger partial charge in [-0.3, -0.25) is 4.90 Å². The summed E-state index contributed by atoms with van der Waals surface area (Å²) in [6.07, 6.45) is 7.23. The minimum Gasteiger partial charge on any atom is -0.314 e. The third-order valence-electron chi connectivity index (χ3n) is 4.40. The molecule has 0 aromatic carbocycles. The lowest BCUT2D eigenvalue weighted by atomic mass is 9.82.